The maximum Gasteiger partial charge on any atom is 0.142 e. The lowest BCUT2D eigenvalue weighted by Gasteiger charge is -2.03. The molecule has 2 nitrogen and oxygen atoms in total. The van der Waals surface area contributed by atoms with E-state index in [2.05, 4.69) is 36.3 Å². The van der Waals surface area contributed by atoms with E-state index >= 15 is 0 Å². The lowest BCUT2D eigenvalue weighted by molar-refractivity contribution is 0.130. The zero-order chi connectivity index (χ0) is 12.8. The summed E-state index contributed by atoms with van der Waals surface area (Å²) in [5.74, 6) is 0. The predicted octanol–water partition coefficient (Wildman–Crippen LogP) is 3.94. The van der Waals surface area contributed by atoms with Gasteiger partial charge in [0, 0.05) is 0 Å². The van der Waals surface area contributed by atoms with Gasteiger partial charge in [-0.15, -0.1) is 0 Å². The molecule has 0 aliphatic carbocycles. The number of benzene rings is 2. The number of hydrogen-bond donors (Lipinski definition) is 0. The Morgan fingerprint density at radius 3 is 2.33 bits per heavy atom. The highest BCUT2D eigenvalue weighted by molar-refractivity contribution is 5.98. The van der Waals surface area contributed by atoms with Crippen molar-refractivity contribution in [2.24, 2.45) is 5.16 Å². The molecule has 0 amide bonds. The molecule has 0 aliphatic heterocycles. The van der Waals surface area contributed by atoms with Crippen LogP contribution in [0.3, 0.4) is 0 Å². The summed E-state index contributed by atoms with van der Waals surface area (Å²) in [6.45, 7) is 4.53. The molecule has 0 radical (unpaired) electrons. The van der Waals surface area contributed by atoms with E-state index in [0.717, 1.165) is 16.8 Å². The SMILES string of the molecule is C/C(=N\OCc1ccccc1)c1ccc(C)cc1. The molecule has 0 spiro atoms. The number of aryl methyl sites for hydroxylation is 1. The Kier molecular flexibility index (Phi) is 4.13. The molecule has 2 aromatic rings. The van der Waals surface area contributed by atoms with E-state index in [0.29, 0.717) is 6.61 Å². The van der Waals surface area contributed by atoms with E-state index in [4.69, 9.17) is 4.84 Å². The van der Waals surface area contributed by atoms with Gasteiger partial charge in [0.25, 0.3) is 0 Å². The second-order valence-corrected chi connectivity index (χ2v) is 4.30. The van der Waals surface area contributed by atoms with Gasteiger partial charge < -0.3 is 4.84 Å². The van der Waals surface area contributed by atoms with Crippen molar-refractivity contribution in [3.8, 4) is 0 Å². The monoisotopic (exact) mass is 239 g/mol. The van der Waals surface area contributed by atoms with Crippen LogP contribution in [-0.4, -0.2) is 5.71 Å². The van der Waals surface area contributed by atoms with Gasteiger partial charge in [0.15, 0.2) is 0 Å². The Hall–Kier alpha value is -2.09. The molecule has 0 saturated carbocycles. The Labute approximate surface area is 108 Å². The van der Waals surface area contributed by atoms with Crippen molar-refractivity contribution in [1.82, 2.24) is 0 Å². The van der Waals surface area contributed by atoms with Gasteiger partial charge >= 0.3 is 0 Å². The molecule has 92 valence electrons. The lowest BCUT2D eigenvalue weighted by Crippen LogP contribution is -1.96. The lowest BCUT2D eigenvalue weighted by atomic mass is 10.1. The van der Waals surface area contributed by atoms with Gasteiger partial charge in [-0.1, -0.05) is 65.3 Å². The van der Waals surface area contributed by atoms with E-state index in [9.17, 15) is 0 Å². The molecule has 0 heterocycles. The summed E-state index contributed by atoms with van der Waals surface area (Å²) in [6, 6.07) is 18.3. The number of oxime groups is 1. The molecule has 0 N–H and O–H groups in total. The average Bonchev–Trinajstić information content (AvgIpc) is 2.40. The van der Waals surface area contributed by atoms with E-state index in [-0.39, 0.29) is 0 Å². The van der Waals surface area contributed by atoms with Crippen LogP contribution < -0.4 is 0 Å². The van der Waals surface area contributed by atoms with E-state index in [1.165, 1.54) is 5.56 Å². The van der Waals surface area contributed by atoms with Crippen molar-refractivity contribution in [2.45, 2.75) is 20.5 Å². The average molecular weight is 239 g/mol. The van der Waals surface area contributed by atoms with Crippen molar-refractivity contribution in [3.05, 3.63) is 71.3 Å². The van der Waals surface area contributed by atoms with E-state index < -0.39 is 0 Å². The number of rotatable bonds is 4. The largest absolute Gasteiger partial charge is 0.391 e. The van der Waals surface area contributed by atoms with Gasteiger partial charge in [0.2, 0.25) is 0 Å². The zero-order valence-electron chi connectivity index (χ0n) is 10.8. The summed E-state index contributed by atoms with van der Waals surface area (Å²) >= 11 is 0. The van der Waals surface area contributed by atoms with Crippen LogP contribution in [0.4, 0.5) is 0 Å². The minimum absolute atomic E-state index is 0.504. The molecule has 0 atom stereocenters. The molecular weight excluding hydrogens is 222 g/mol. The highest BCUT2D eigenvalue weighted by Gasteiger charge is 1.97. The first-order valence-electron chi connectivity index (χ1n) is 6.03. The minimum Gasteiger partial charge on any atom is -0.391 e. The van der Waals surface area contributed by atoms with Gasteiger partial charge in [-0.25, -0.2) is 0 Å². The Morgan fingerprint density at radius 2 is 1.67 bits per heavy atom. The molecule has 0 saturated heterocycles. The van der Waals surface area contributed by atoms with Crippen molar-refractivity contribution < 1.29 is 4.84 Å². The van der Waals surface area contributed by atoms with Crippen LogP contribution in [0.15, 0.2) is 59.8 Å². The molecule has 2 aromatic carbocycles. The van der Waals surface area contributed by atoms with Crippen LogP contribution in [0, 0.1) is 6.92 Å². The Morgan fingerprint density at radius 1 is 1.00 bits per heavy atom. The van der Waals surface area contributed by atoms with Gasteiger partial charge in [-0.3, -0.25) is 0 Å². The fourth-order valence-electron chi connectivity index (χ4n) is 1.63. The van der Waals surface area contributed by atoms with Crippen molar-refractivity contribution in [2.75, 3.05) is 0 Å². The van der Waals surface area contributed by atoms with Gasteiger partial charge in [-0.2, -0.15) is 0 Å². The first kappa shape index (κ1) is 12.4. The van der Waals surface area contributed by atoms with Gasteiger partial charge in [0.05, 0.1) is 5.71 Å². The van der Waals surface area contributed by atoms with Crippen molar-refractivity contribution in [1.29, 1.82) is 0 Å². The molecule has 2 heteroatoms. The van der Waals surface area contributed by atoms with Crippen LogP contribution in [-0.2, 0) is 11.4 Å². The van der Waals surface area contributed by atoms with Crippen LogP contribution in [0.25, 0.3) is 0 Å². The first-order chi connectivity index (χ1) is 8.75. The first-order valence-corrected chi connectivity index (χ1v) is 6.03. The smallest absolute Gasteiger partial charge is 0.142 e. The second kappa shape index (κ2) is 6.01. The van der Waals surface area contributed by atoms with Crippen LogP contribution >= 0.6 is 0 Å². The van der Waals surface area contributed by atoms with Crippen LogP contribution in [0.1, 0.15) is 23.6 Å². The van der Waals surface area contributed by atoms with Gasteiger partial charge in [-0.05, 0) is 25.0 Å². The second-order valence-electron chi connectivity index (χ2n) is 4.30. The summed E-state index contributed by atoms with van der Waals surface area (Å²) in [6.07, 6.45) is 0. The highest BCUT2D eigenvalue weighted by atomic mass is 16.6. The zero-order valence-corrected chi connectivity index (χ0v) is 10.8. The third-order valence-corrected chi connectivity index (χ3v) is 2.74. The van der Waals surface area contributed by atoms with Crippen LogP contribution in [0.2, 0.25) is 0 Å². The number of nitrogens with zero attached hydrogens (tertiary/aromatic N) is 1. The predicted molar refractivity (Wildman–Crippen MR) is 74.6 cm³/mol. The summed E-state index contributed by atoms with van der Waals surface area (Å²) in [5, 5.41) is 4.14. The molecule has 2 rings (SSSR count). The van der Waals surface area contributed by atoms with Crippen LogP contribution in [0.5, 0.6) is 0 Å². The Balaban J connectivity index is 1.95. The topological polar surface area (TPSA) is 21.6 Å². The van der Waals surface area contributed by atoms with Crippen molar-refractivity contribution >= 4 is 5.71 Å². The normalized spacial score (nSPS) is 11.3. The molecule has 0 bridgehead atoms. The summed E-state index contributed by atoms with van der Waals surface area (Å²) in [5.41, 5.74) is 4.36. The van der Waals surface area contributed by atoms with E-state index in [1.807, 2.05) is 37.3 Å². The van der Waals surface area contributed by atoms with Crippen molar-refractivity contribution in [3.63, 3.8) is 0 Å². The fraction of sp³-hybridized carbons (Fsp3) is 0.188. The highest BCUT2D eigenvalue weighted by Crippen LogP contribution is 2.06. The molecule has 0 fully saturated rings. The maximum absolute atomic E-state index is 5.35. The van der Waals surface area contributed by atoms with E-state index in [1.54, 1.807) is 0 Å². The molecule has 0 aliphatic rings. The third kappa shape index (κ3) is 3.45. The standard InChI is InChI=1S/C16H17NO/c1-13-8-10-16(11-9-13)14(2)17-18-12-15-6-4-3-5-7-15/h3-11H,12H2,1-2H3/b17-14+. The quantitative estimate of drug-likeness (QED) is 0.585. The van der Waals surface area contributed by atoms with Gasteiger partial charge in [0.1, 0.15) is 6.61 Å². The summed E-state index contributed by atoms with van der Waals surface area (Å²) in [7, 11) is 0. The number of hydrogen-bond acceptors (Lipinski definition) is 2. The molecular formula is C16H17NO. The summed E-state index contributed by atoms with van der Waals surface area (Å²) < 4.78 is 0. The third-order valence-electron chi connectivity index (χ3n) is 2.74. The Bertz CT molecular complexity index is 515. The maximum atomic E-state index is 5.35. The fourth-order valence-corrected chi connectivity index (χ4v) is 1.63. The minimum atomic E-state index is 0.504. The molecule has 0 unspecified atom stereocenters. The molecule has 18 heavy (non-hydrogen) atoms. The molecule has 0 aromatic heterocycles. The summed E-state index contributed by atoms with van der Waals surface area (Å²) in [4.78, 5) is 5.35.